The second kappa shape index (κ2) is 5.76. The zero-order chi connectivity index (χ0) is 18.4. The van der Waals surface area contributed by atoms with Crippen molar-refractivity contribution in [3.63, 3.8) is 0 Å². The van der Waals surface area contributed by atoms with Crippen LogP contribution in [0.3, 0.4) is 0 Å². The third-order valence-corrected chi connectivity index (χ3v) is 5.25. The van der Waals surface area contributed by atoms with E-state index in [1.165, 1.54) is 26.2 Å². The Balaban J connectivity index is 2.24. The minimum Gasteiger partial charge on any atom is -0.308 e. The lowest BCUT2D eigenvalue weighted by Gasteiger charge is -2.07. The van der Waals surface area contributed by atoms with E-state index < -0.39 is 21.8 Å². The normalized spacial score (nSPS) is 12.7. The summed E-state index contributed by atoms with van der Waals surface area (Å²) in [5, 5.41) is 0. The number of pyridine rings is 1. The summed E-state index contributed by atoms with van der Waals surface area (Å²) in [6, 6.07) is 3.81. The van der Waals surface area contributed by atoms with Gasteiger partial charge in [0.15, 0.2) is 21.3 Å². The number of hydrogen-bond donors (Lipinski definition) is 0. The molecule has 131 valence electrons. The van der Waals surface area contributed by atoms with Gasteiger partial charge in [0.1, 0.15) is 11.2 Å². The average Bonchev–Trinajstić information content (AvgIpc) is 2.91. The van der Waals surface area contributed by atoms with Gasteiger partial charge < -0.3 is 4.57 Å². The number of halogens is 3. The Morgan fingerprint density at radius 3 is 2.60 bits per heavy atom. The number of hydrogen-bond acceptors (Lipinski definition) is 6. The molecule has 0 bridgehead atoms. The van der Waals surface area contributed by atoms with Gasteiger partial charge in [-0.05, 0) is 6.07 Å². The van der Waals surface area contributed by atoms with Gasteiger partial charge in [0.05, 0.1) is 16.8 Å². The lowest BCUT2D eigenvalue weighted by Crippen LogP contribution is -2.12. The molecule has 0 N–H and O–H groups in total. The van der Waals surface area contributed by atoms with Crippen molar-refractivity contribution >= 4 is 21.0 Å². The first-order chi connectivity index (χ1) is 11.6. The number of fused-ring (bicyclic) bond motifs is 1. The predicted octanol–water partition coefficient (Wildman–Crippen LogP) is 2.04. The summed E-state index contributed by atoms with van der Waals surface area (Å²) in [5.74, 6) is -1.40. The molecule has 0 amide bonds. The molecule has 0 aliphatic rings. The van der Waals surface area contributed by atoms with Crippen molar-refractivity contribution in [2.75, 3.05) is 5.75 Å². The first-order valence-corrected chi connectivity index (χ1v) is 8.66. The summed E-state index contributed by atoms with van der Waals surface area (Å²) in [6.45, 7) is 1.47. The van der Waals surface area contributed by atoms with Gasteiger partial charge in [-0.1, -0.05) is 6.92 Å². The van der Waals surface area contributed by atoms with E-state index in [1.807, 2.05) is 0 Å². The summed E-state index contributed by atoms with van der Waals surface area (Å²) < 4.78 is 64.0. The molecule has 0 saturated carbocycles. The monoisotopic (exact) mass is 370 g/mol. The molecule has 0 spiro atoms. The molecule has 1 radical (unpaired) electrons. The Bertz CT molecular complexity index is 1060. The van der Waals surface area contributed by atoms with Gasteiger partial charge in [-0.3, -0.25) is 4.98 Å². The summed E-state index contributed by atoms with van der Waals surface area (Å²) in [6.07, 6.45) is -2.30. The van der Waals surface area contributed by atoms with Gasteiger partial charge in [0.25, 0.3) is 0 Å². The third kappa shape index (κ3) is 2.95. The minimum atomic E-state index is -4.65. The highest BCUT2D eigenvalue weighted by atomic mass is 32.2. The molecule has 25 heavy (non-hydrogen) atoms. The van der Waals surface area contributed by atoms with Gasteiger partial charge in [-0.25, -0.2) is 23.4 Å². The molecule has 3 aromatic rings. The number of aromatic nitrogens is 5. The quantitative estimate of drug-likeness (QED) is 0.701. The molecule has 0 atom stereocenters. The highest BCUT2D eigenvalue weighted by Crippen LogP contribution is 2.31. The van der Waals surface area contributed by atoms with Crippen molar-refractivity contribution < 1.29 is 21.6 Å². The lowest BCUT2D eigenvalue weighted by molar-refractivity contribution is -0.146. The topological polar surface area (TPSA) is 90.6 Å². The highest BCUT2D eigenvalue weighted by molar-refractivity contribution is 7.91. The second-order valence-corrected chi connectivity index (χ2v) is 7.33. The average molecular weight is 370 g/mol. The van der Waals surface area contributed by atoms with Gasteiger partial charge in [0, 0.05) is 19.3 Å². The molecule has 3 rings (SSSR count). The van der Waals surface area contributed by atoms with E-state index in [9.17, 15) is 21.6 Å². The summed E-state index contributed by atoms with van der Waals surface area (Å²) in [7, 11) is -2.46. The van der Waals surface area contributed by atoms with Gasteiger partial charge >= 0.3 is 6.18 Å². The summed E-state index contributed by atoms with van der Waals surface area (Å²) in [5.41, 5.74) is -0.176. The lowest BCUT2D eigenvalue weighted by atomic mass is 10.3. The van der Waals surface area contributed by atoms with Gasteiger partial charge in [0.2, 0.25) is 5.82 Å². The molecule has 0 unspecified atom stereocenters. The van der Waals surface area contributed by atoms with Crippen molar-refractivity contribution in [3.8, 4) is 11.5 Å². The Kier molecular flexibility index (Phi) is 3.98. The molecular formula is C14H11F3N5O2S. The third-order valence-electron chi connectivity index (χ3n) is 3.51. The van der Waals surface area contributed by atoms with E-state index >= 15 is 0 Å². The van der Waals surface area contributed by atoms with E-state index in [1.54, 1.807) is 0 Å². The first-order valence-electron chi connectivity index (χ1n) is 7.01. The number of nitrogens with zero attached hydrogens (tertiary/aromatic N) is 5. The summed E-state index contributed by atoms with van der Waals surface area (Å²) >= 11 is 0. The Labute approximate surface area is 140 Å². The van der Waals surface area contributed by atoms with Crippen LogP contribution in [0.15, 0.2) is 23.4 Å². The maximum absolute atomic E-state index is 12.9. The van der Waals surface area contributed by atoms with Crippen molar-refractivity contribution in [1.82, 2.24) is 24.5 Å². The second-order valence-electron chi connectivity index (χ2n) is 5.08. The molecule has 3 heterocycles. The van der Waals surface area contributed by atoms with Crippen molar-refractivity contribution in [3.05, 3.63) is 30.4 Å². The van der Waals surface area contributed by atoms with Crippen LogP contribution in [0.5, 0.6) is 0 Å². The van der Waals surface area contributed by atoms with Crippen LogP contribution < -0.4 is 0 Å². The van der Waals surface area contributed by atoms with Crippen molar-refractivity contribution in [2.45, 2.75) is 18.0 Å². The highest BCUT2D eigenvalue weighted by Gasteiger charge is 2.37. The number of aryl methyl sites for hydroxylation is 1. The van der Waals surface area contributed by atoms with Crippen LogP contribution in [-0.4, -0.2) is 38.7 Å². The number of rotatable bonds is 3. The molecule has 0 fully saturated rings. The van der Waals surface area contributed by atoms with Crippen LogP contribution in [0.1, 0.15) is 12.7 Å². The molecule has 3 aromatic heterocycles. The van der Waals surface area contributed by atoms with E-state index in [2.05, 4.69) is 26.0 Å². The van der Waals surface area contributed by atoms with Crippen LogP contribution in [-0.2, 0) is 23.1 Å². The maximum atomic E-state index is 12.9. The fourth-order valence-corrected chi connectivity index (χ4v) is 3.25. The van der Waals surface area contributed by atoms with Gasteiger partial charge in [-0.2, -0.15) is 13.2 Å². The van der Waals surface area contributed by atoms with E-state index in [-0.39, 0.29) is 33.3 Å². The fourth-order valence-electron chi connectivity index (χ4n) is 2.26. The van der Waals surface area contributed by atoms with E-state index in [4.69, 9.17) is 0 Å². The molecular weight excluding hydrogens is 359 g/mol. The number of sulfone groups is 1. The predicted molar refractivity (Wildman–Crippen MR) is 81.1 cm³/mol. The van der Waals surface area contributed by atoms with E-state index in [0.717, 1.165) is 10.8 Å². The van der Waals surface area contributed by atoms with E-state index in [0.29, 0.717) is 0 Å². The Hall–Kier alpha value is -2.56. The minimum absolute atomic E-state index is 0.0442. The number of imidazole rings is 1. The smallest absolute Gasteiger partial charge is 0.308 e. The van der Waals surface area contributed by atoms with Gasteiger partial charge in [-0.15, -0.1) is 0 Å². The van der Waals surface area contributed by atoms with Crippen LogP contribution in [0.2, 0.25) is 0 Å². The SMILES string of the molecule is CCS(=O)(=O)c1c[c]cnc1-c1ncc2nc(C(F)(F)F)n(C)c2n1. The van der Waals surface area contributed by atoms with Crippen molar-refractivity contribution in [1.29, 1.82) is 0 Å². The molecule has 7 nitrogen and oxygen atoms in total. The zero-order valence-corrected chi connectivity index (χ0v) is 13.9. The zero-order valence-electron chi connectivity index (χ0n) is 13.0. The van der Waals surface area contributed by atoms with Crippen molar-refractivity contribution in [2.24, 2.45) is 7.05 Å². The Morgan fingerprint density at radius 2 is 1.96 bits per heavy atom. The van der Waals surface area contributed by atoms with Crippen LogP contribution in [0.4, 0.5) is 13.2 Å². The molecule has 0 aliphatic heterocycles. The summed E-state index contributed by atoms with van der Waals surface area (Å²) in [4.78, 5) is 15.3. The first kappa shape index (κ1) is 17.3. The Morgan fingerprint density at radius 1 is 1.24 bits per heavy atom. The largest absolute Gasteiger partial charge is 0.449 e. The molecule has 0 aliphatic carbocycles. The molecule has 11 heteroatoms. The number of alkyl halides is 3. The van der Waals surface area contributed by atoms with Crippen LogP contribution in [0, 0.1) is 6.07 Å². The fraction of sp³-hybridized carbons (Fsp3) is 0.286. The van der Waals surface area contributed by atoms with Crippen LogP contribution in [0.25, 0.3) is 22.7 Å². The molecule has 0 aromatic carbocycles. The standard InChI is InChI=1S/C14H11F3N5O2S/c1-3-25(23,24)9-5-4-6-18-10(9)11-19-7-8-12(21-11)22(2)13(20-8)14(15,16)17/h5-7H,3H2,1-2H3. The van der Waals surface area contributed by atoms with Crippen LogP contribution >= 0.6 is 0 Å². The maximum Gasteiger partial charge on any atom is 0.449 e. The molecule has 0 saturated heterocycles.